The minimum Gasteiger partial charge on any atom is -0.444 e. The summed E-state index contributed by atoms with van der Waals surface area (Å²) >= 11 is 0. The van der Waals surface area contributed by atoms with E-state index >= 15 is 0 Å². The number of likely N-dealkylation sites (tertiary alicyclic amines) is 1. The van der Waals surface area contributed by atoms with Crippen LogP contribution in [0.3, 0.4) is 0 Å². The summed E-state index contributed by atoms with van der Waals surface area (Å²) in [5, 5.41) is 3.11. The molecule has 1 unspecified atom stereocenters. The number of amides is 2. The minimum absolute atomic E-state index is 0.0440. The molecule has 0 bridgehead atoms. The van der Waals surface area contributed by atoms with Crippen LogP contribution in [0.5, 0.6) is 0 Å². The number of aromatic nitrogens is 2. The molecule has 3 heterocycles. The molecule has 1 aromatic rings. The number of aryl methyl sites for hydroxylation is 2. The van der Waals surface area contributed by atoms with Crippen LogP contribution in [0.1, 0.15) is 71.8 Å². The number of carbonyl (C=O) groups is 2. The van der Waals surface area contributed by atoms with E-state index in [0.29, 0.717) is 19.6 Å². The zero-order chi connectivity index (χ0) is 21.9. The van der Waals surface area contributed by atoms with Gasteiger partial charge in [0.15, 0.2) is 0 Å². The van der Waals surface area contributed by atoms with Gasteiger partial charge in [-0.05, 0) is 52.4 Å². The Morgan fingerprint density at radius 1 is 1.17 bits per heavy atom. The lowest BCUT2D eigenvalue weighted by Crippen LogP contribution is -2.50. The summed E-state index contributed by atoms with van der Waals surface area (Å²) in [4.78, 5) is 31.9. The molecule has 2 aliphatic rings. The molecule has 0 aliphatic carbocycles. The summed E-state index contributed by atoms with van der Waals surface area (Å²) < 4.78 is 7.77. The third-order valence-corrected chi connectivity index (χ3v) is 6.30. The molecule has 1 atom stereocenters. The highest BCUT2D eigenvalue weighted by Crippen LogP contribution is 2.34. The summed E-state index contributed by atoms with van der Waals surface area (Å²) in [6.07, 6.45) is 7.90. The Hall–Kier alpha value is -2.05. The van der Waals surface area contributed by atoms with E-state index in [0.717, 1.165) is 37.9 Å². The molecule has 0 radical (unpaired) electrons. The van der Waals surface area contributed by atoms with Gasteiger partial charge in [0, 0.05) is 50.6 Å². The molecule has 7 heteroatoms. The summed E-state index contributed by atoms with van der Waals surface area (Å²) in [6, 6.07) is 0. The molecule has 168 valence electrons. The molecular formula is C23H38N4O3. The van der Waals surface area contributed by atoms with Crippen molar-refractivity contribution in [1.82, 2.24) is 19.8 Å². The number of ether oxygens (including phenoxy) is 1. The monoisotopic (exact) mass is 418 g/mol. The largest absolute Gasteiger partial charge is 0.444 e. The fourth-order valence-corrected chi connectivity index (χ4v) is 4.37. The number of carbonyl (C=O) groups excluding carboxylic acids is 2. The molecule has 0 aromatic carbocycles. The lowest BCUT2D eigenvalue weighted by Gasteiger charge is -2.40. The quantitative estimate of drug-likeness (QED) is 0.793. The predicted octanol–water partition coefficient (Wildman–Crippen LogP) is 3.55. The van der Waals surface area contributed by atoms with Crippen molar-refractivity contribution in [1.29, 1.82) is 0 Å². The van der Waals surface area contributed by atoms with Crippen LogP contribution in [0, 0.1) is 11.3 Å². The van der Waals surface area contributed by atoms with Gasteiger partial charge in [-0.1, -0.05) is 13.8 Å². The Balaban J connectivity index is 1.51. The van der Waals surface area contributed by atoms with Gasteiger partial charge in [0.25, 0.3) is 0 Å². The molecule has 1 aromatic heterocycles. The molecule has 30 heavy (non-hydrogen) atoms. The highest BCUT2D eigenvalue weighted by molar-refractivity contribution is 5.82. The van der Waals surface area contributed by atoms with Crippen molar-refractivity contribution < 1.29 is 14.3 Å². The van der Waals surface area contributed by atoms with E-state index in [2.05, 4.69) is 16.1 Å². The summed E-state index contributed by atoms with van der Waals surface area (Å²) in [5.74, 6) is 1.33. The Kier molecular flexibility index (Phi) is 6.78. The number of nitrogens with one attached hydrogen (secondary N) is 1. The van der Waals surface area contributed by atoms with Crippen molar-refractivity contribution in [3.8, 4) is 0 Å². The van der Waals surface area contributed by atoms with Crippen molar-refractivity contribution in [2.75, 3.05) is 19.6 Å². The van der Waals surface area contributed by atoms with Gasteiger partial charge < -0.3 is 19.5 Å². The van der Waals surface area contributed by atoms with Gasteiger partial charge in [-0.25, -0.2) is 9.78 Å². The van der Waals surface area contributed by atoms with Gasteiger partial charge in [0.1, 0.15) is 11.4 Å². The molecular weight excluding hydrogens is 380 g/mol. The number of hydrogen-bond donors (Lipinski definition) is 1. The van der Waals surface area contributed by atoms with E-state index in [1.165, 1.54) is 18.7 Å². The summed E-state index contributed by atoms with van der Waals surface area (Å²) in [6.45, 7) is 12.5. The van der Waals surface area contributed by atoms with Gasteiger partial charge in [-0.2, -0.15) is 0 Å². The van der Waals surface area contributed by atoms with Crippen molar-refractivity contribution in [2.45, 2.75) is 85.3 Å². The number of nitrogens with zero attached hydrogens (tertiary/aromatic N) is 3. The van der Waals surface area contributed by atoms with Crippen LogP contribution in [0.25, 0.3) is 0 Å². The fourth-order valence-electron chi connectivity index (χ4n) is 4.37. The van der Waals surface area contributed by atoms with Crippen LogP contribution >= 0.6 is 0 Å². The second-order valence-corrected chi connectivity index (χ2v) is 10.3. The van der Waals surface area contributed by atoms with Crippen LogP contribution in [0.4, 0.5) is 4.79 Å². The van der Waals surface area contributed by atoms with E-state index in [9.17, 15) is 9.59 Å². The standard InChI is InChI=1S/C23H38N4O3/c1-22(2,3)30-21(29)27-14-8-9-17(15-27)23(4,5)20(28)24-12-11-18-16-26-13-7-6-10-19(26)25-18/h16-17H,6-15H2,1-5H3,(H,24,28). The van der Waals surface area contributed by atoms with Gasteiger partial charge in [0.2, 0.25) is 5.91 Å². The first-order valence-electron chi connectivity index (χ1n) is 11.4. The number of imidazole rings is 1. The fraction of sp³-hybridized carbons (Fsp3) is 0.783. The second-order valence-electron chi connectivity index (χ2n) is 10.3. The van der Waals surface area contributed by atoms with E-state index < -0.39 is 11.0 Å². The zero-order valence-electron chi connectivity index (χ0n) is 19.3. The topological polar surface area (TPSA) is 76.5 Å². The van der Waals surface area contributed by atoms with Crippen molar-refractivity contribution in [3.05, 3.63) is 17.7 Å². The maximum Gasteiger partial charge on any atom is 0.410 e. The van der Waals surface area contributed by atoms with Crippen molar-refractivity contribution in [2.24, 2.45) is 11.3 Å². The van der Waals surface area contributed by atoms with Crippen LogP contribution < -0.4 is 5.32 Å². The summed E-state index contributed by atoms with van der Waals surface area (Å²) in [5.41, 5.74) is -0.00374. The van der Waals surface area contributed by atoms with E-state index in [4.69, 9.17) is 9.72 Å². The molecule has 3 rings (SSSR count). The van der Waals surface area contributed by atoms with Crippen LogP contribution in [-0.2, 0) is 28.9 Å². The van der Waals surface area contributed by atoms with Crippen LogP contribution in [0.2, 0.25) is 0 Å². The number of hydrogen-bond acceptors (Lipinski definition) is 4. The smallest absolute Gasteiger partial charge is 0.410 e. The summed E-state index contributed by atoms with van der Waals surface area (Å²) in [7, 11) is 0. The molecule has 2 aliphatic heterocycles. The lowest BCUT2D eigenvalue weighted by atomic mass is 9.74. The first-order valence-corrected chi connectivity index (χ1v) is 11.4. The number of piperidine rings is 1. The van der Waals surface area contributed by atoms with Crippen molar-refractivity contribution in [3.63, 3.8) is 0 Å². The third kappa shape index (κ3) is 5.55. The molecule has 0 saturated carbocycles. The Morgan fingerprint density at radius 3 is 2.63 bits per heavy atom. The predicted molar refractivity (Wildman–Crippen MR) is 116 cm³/mol. The SMILES string of the molecule is CC(C)(C)OC(=O)N1CCCC(C(C)(C)C(=O)NCCc2cn3c(n2)CCCC3)C1. The molecule has 0 spiro atoms. The Bertz CT molecular complexity index is 739. The molecule has 1 N–H and O–H groups in total. The third-order valence-electron chi connectivity index (χ3n) is 6.30. The lowest BCUT2D eigenvalue weighted by molar-refractivity contribution is -0.133. The molecule has 1 saturated heterocycles. The Morgan fingerprint density at radius 2 is 1.93 bits per heavy atom. The van der Waals surface area contributed by atoms with E-state index in [-0.39, 0.29) is 17.9 Å². The number of fused-ring (bicyclic) bond motifs is 1. The van der Waals surface area contributed by atoms with Crippen LogP contribution in [0.15, 0.2) is 6.20 Å². The van der Waals surface area contributed by atoms with E-state index in [1.54, 1.807) is 4.90 Å². The van der Waals surface area contributed by atoms with Gasteiger partial charge in [-0.3, -0.25) is 4.79 Å². The zero-order valence-corrected chi connectivity index (χ0v) is 19.3. The van der Waals surface area contributed by atoms with Crippen LogP contribution in [-0.4, -0.2) is 51.7 Å². The first kappa shape index (κ1) is 22.6. The minimum atomic E-state index is -0.547. The maximum atomic E-state index is 13.0. The second kappa shape index (κ2) is 8.98. The first-order chi connectivity index (χ1) is 14.1. The highest BCUT2D eigenvalue weighted by Gasteiger charge is 2.40. The van der Waals surface area contributed by atoms with Crippen molar-refractivity contribution >= 4 is 12.0 Å². The molecule has 7 nitrogen and oxygen atoms in total. The average molecular weight is 419 g/mol. The van der Waals surface area contributed by atoms with Gasteiger partial charge in [0.05, 0.1) is 5.69 Å². The number of rotatable bonds is 5. The normalized spacial score (nSPS) is 19.9. The highest BCUT2D eigenvalue weighted by atomic mass is 16.6. The molecule has 1 fully saturated rings. The maximum absolute atomic E-state index is 13.0. The Labute approximate surface area is 180 Å². The van der Waals surface area contributed by atoms with Gasteiger partial charge in [-0.15, -0.1) is 0 Å². The average Bonchev–Trinajstić information content (AvgIpc) is 3.09. The van der Waals surface area contributed by atoms with Gasteiger partial charge >= 0.3 is 6.09 Å². The molecule has 2 amide bonds. The van der Waals surface area contributed by atoms with E-state index in [1.807, 2.05) is 34.6 Å².